The highest BCUT2D eigenvalue weighted by Crippen LogP contribution is 2.36. The number of aromatic amines is 1. The molecule has 46 heavy (non-hydrogen) atoms. The summed E-state index contributed by atoms with van der Waals surface area (Å²) < 4.78 is 16.9. The number of thioether (sulfide) groups is 1. The topological polar surface area (TPSA) is 127 Å². The molecular weight excluding hydrogens is 621 g/mol. The lowest BCUT2D eigenvalue weighted by atomic mass is 9.92. The Bertz CT molecular complexity index is 1800. The summed E-state index contributed by atoms with van der Waals surface area (Å²) in [5.74, 6) is 0.777. The molecule has 1 saturated carbocycles. The van der Waals surface area contributed by atoms with Crippen LogP contribution in [-0.2, 0) is 6.42 Å². The van der Waals surface area contributed by atoms with Crippen LogP contribution in [0.15, 0.2) is 57.3 Å². The number of aryl methyl sites for hydroxylation is 1. The zero-order valence-corrected chi connectivity index (χ0v) is 28.1. The summed E-state index contributed by atoms with van der Waals surface area (Å²) in [5.41, 5.74) is 15.8. The molecule has 244 valence electrons. The first-order valence-electron chi connectivity index (χ1n) is 16.3. The number of halogens is 2. The summed E-state index contributed by atoms with van der Waals surface area (Å²) in [6.07, 6.45) is 13.2. The minimum atomic E-state index is -0.497. The van der Waals surface area contributed by atoms with Gasteiger partial charge in [0.05, 0.1) is 22.2 Å². The van der Waals surface area contributed by atoms with Crippen molar-refractivity contribution in [3.63, 3.8) is 0 Å². The molecule has 3 heterocycles. The van der Waals surface area contributed by atoms with Gasteiger partial charge in [-0.2, -0.15) is 4.98 Å². The number of aliphatic imine (C=N–C) groups is 1. The zero-order chi connectivity index (χ0) is 32.4. The van der Waals surface area contributed by atoms with Crippen molar-refractivity contribution >= 4 is 40.2 Å². The second-order valence-electron chi connectivity index (χ2n) is 12.8. The van der Waals surface area contributed by atoms with Crippen LogP contribution < -0.4 is 22.5 Å². The van der Waals surface area contributed by atoms with Gasteiger partial charge in [0.25, 0.3) is 0 Å². The number of fused-ring (bicyclic) bond motifs is 1. The van der Waals surface area contributed by atoms with E-state index in [1.807, 2.05) is 31.2 Å². The molecule has 2 aliphatic rings. The van der Waals surface area contributed by atoms with E-state index in [1.165, 1.54) is 18.4 Å². The smallest absolute Gasteiger partial charge is 0.354 e. The lowest BCUT2D eigenvalue weighted by Crippen LogP contribution is -2.37. The molecule has 4 aromatic rings. The zero-order valence-electron chi connectivity index (χ0n) is 26.5. The molecule has 1 aliphatic heterocycles. The second kappa shape index (κ2) is 14.3. The van der Waals surface area contributed by atoms with Gasteiger partial charge in [-0.3, -0.25) is 9.56 Å². The average molecular weight is 664 g/mol. The lowest BCUT2D eigenvalue weighted by Gasteiger charge is -2.32. The third-order valence-corrected chi connectivity index (χ3v) is 10.4. The average Bonchev–Trinajstić information content (AvgIpc) is 3.82. The fraction of sp³-hybridized carbons (Fsp3) is 0.457. The Balaban J connectivity index is 1.23. The minimum absolute atomic E-state index is 0.0767. The second-order valence-corrected chi connectivity index (χ2v) is 14.1. The van der Waals surface area contributed by atoms with Crippen molar-refractivity contribution in [1.29, 1.82) is 0 Å². The van der Waals surface area contributed by atoms with E-state index in [2.05, 4.69) is 32.6 Å². The van der Waals surface area contributed by atoms with Crippen molar-refractivity contribution in [2.45, 2.75) is 87.7 Å². The maximum atomic E-state index is 15.3. The molecule has 6 N–H and O–H groups in total. The first-order chi connectivity index (χ1) is 22.2. The first kappa shape index (κ1) is 32.7. The molecule has 0 spiro atoms. The summed E-state index contributed by atoms with van der Waals surface area (Å²) in [6.45, 7) is 2.54. The molecule has 1 aliphatic carbocycles. The van der Waals surface area contributed by atoms with Crippen LogP contribution >= 0.6 is 23.4 Å². The number of amidine groups is 1. The van der Waals surface area contributed by atoms with E-state index in [0.29, 0.717) is 40.1 Å². The van der Waals surface area contributed by atoms with Gasteiger partial charge in [0.2, 0.25) is 0 Å². The number of hydrogen-bond donors (Lipinski definition) is 4. The number of rotatable bonds is 12. The number of nitrogens with two attached hydrogens (primary N) is 2. The Morgan fingerprint density at radius 1 is 1.22 bits per heavy atom. The van der Waals surface area contributed by atoms with Crippen LogP contribution in [-0.4, -0.2) is 45.3 Å². The molecule has 0 amide bonds. The summed E-state index contributed by atoms with van der Waals surface area (Å²) in [5, 5.41) is 4.59. The van der Waals surface area contributed by atoms with Crippen LogP contribution in [0.3, 0.4) is 0 Å². The van der Waals surface area contributed by atoms with E-state index < -0.39 is 11.5 Å². The summed E-state index contributed by atoms with van der Waals surface area (Å²) in [6, 6.07) is 12.3. The third-order valence-electron chi connectivity index (χ3n) is 9.31. The van der Waals surface area contributed by atoms with Crippen molar-refractivity contribution in [2.24, 2.45) is 22.4 Å². The number of nitrogens with zero attached hydrogens (tertiary/aromatic N) is 3. The number of nitrogens with one attached hydrogen (secondary N) is 2. The third kappa shape index (κ3) is 7.51. The van der Waals surface area contributed by atoms with E-state index in [-0.39, 0.29) is 17.1 Å². The van der Waals surface area contributed by atoms with Gasteiger partial charge in [-0.05, 0) is 112 Å². The van der Waals surface area contributed by atoms with Crippen LogP contribution in [0.1, 0.15) is 75.5 Å². The molecule has 2 fully saturated rings. The Morgan fingerprint density at radius 3 is 2.80 bits per heavy atom. The fourth-order valence-corrected chi connectivity index (χ4v) is 7.57. The van der Waals surface area contributed by atoms with Gasteiger partial charge in [-0.25, -0.2) is 9.18 Å². The summed E-state index contributed by atoms with van der Waals surface area (Å²) in [7, 11) is 0. The minimum Gasteiger partial charge on any atom is -0.388 e. The van der Waals surface area contributed by atoms with Gasteiger partial charge in [0.1, 0.15) is 5.65 Å². The molecule has 2 aromatic heterocycles. The van der Waals surface area contributed by atoms with Crippen molar-refractivity contribution < 1.29 is 4.39 Å². The van der Waals surface area contributed by atoms with Gasteiger partial charge >= 0.3 is 5.69 Å². The number of benzene rings is 2. The van der Waals surface area contributed by atoms with Gasteiger partial charge in [-0.15, -0.1) is 11.8 Å². The van der Waals surface area contributed by atoms with Crippen molar-refractivity contribution in [3.8, 4) is 16.9 Å². The van der Waals surface area contributed by atoms with Crippen LogP contribution in [0, 0.1) is 11.7 Å². The highest BCUT2D eigenvalue weighted by molar-refractivity contribution is 7.98. The number of H-pyrrole nitrogens is 1. The highest BCUT2D eigenvalue weighted by Gasteiger charge is 2.28. The first-order valence-corrected chi connectivity index (χ1v) is 17.9. The number of piperidine rings is 1. The molecule has 2 aromatic carbocycles. The van der Waals surface area contributed by atoms with Gasteiger partial charge in [0, 0.05) is 46.7 Å². The lowest BCUT2D eigenvalue weighted by molar-refractivity contribution is 0.312. The Hall–Kier alpha value is -3.18. The largest absolute Gasteiger partial charge is 0.388 e. The normalized spacial score (nSPS) is 19.5. The Kier molecular flexibility index (Phi) is 10.2. The monoisotopic (exact) mass is 663 g/mol. The van der Waals surface area contributed by atoms with E-state index in [4.69, 9.17) is 23.1 Å². The maximum absolute atomic E-state index is 15.3. The molecule has 6 rings (SSSR count). The summed E-state index contributed by atoms with van der Waals surface area (Å²) >= 11 is 8.01. The van der Waals surface area contributed by atoms with Crippen LogP contribution in [0.5, 0.6) is 0 Å². The molecule has 11 heteroatoms. The van der Waals surface area contributed by atoms with Gasteiger partial charge in [-0.1, -0.05) is 24.1 Å². The molecule has 0 bridgehead atoms. The van der Waals surface area contributed by atoms with E-state index >= 15 is 4.39 Å². The molecule has 3 atom stereocenters. The SMILES string of the molecule is CSc1cc(-n2cc3cc(-c4cc(CCC[C@@H](N)C5CC5)cc(Cl)c4F)[nH]c3nc2=O)ccc1[C@@H]1CCC[C@@H](CCN=C(C)N)N1. The number of hydrogen-bond acceptors (Lipinski definition) is 6. The van der Waals surface area contributed by atoms with Gasteiger partial charge < -0.3 is 21.8 Å². The molecule has 8 nitrogen and oxygen atoms in total. The van der Waals surface area contributed by atoms with Crippen molar-refractivity contribution in [1.82, 2.24) is 19.9 Å². The predicted octanol–water partition coefficient (Wildman–Crippen LogP) is 6.91. The molecule has 0 radical (unpaired) electrons. The van der Waals surface area contributed by atoms with Gasteiger partial charge in [0.15, 0.2) is 5.82 Å². The highest BCUT2D eigenvalue weighted by atomic mass is 35.5. The molecular formula is C35H43ClFN7OS. The van der Waals surface area contributed by atoms with Crippen LogP contribution in [0.2, 0.25) is 5.02 Å². The van der Waals surface area contributed by atoms with Crippen molar-refractivity contribution in [2.75, 3.05) is 12.8 Å². The quantitative estimate of drug-likeness (QED) is 0.0742. The van der Waals surface area contributed by atoms with Crippen LogP contribution in [0.4, 0.5) is 4.39 Å². The maximum Gasteiger partial charge on any atom is 0.354 e. The fourth-order valence-electron chi connectivity index (χ4n) is 6.64. The van der Waals surface area contributed by atoms with Crippen molar-refractivity contribution in [3.05, 3.63) is 75.0 Å². The Morgan fingerprint density at radius 2 is 2.04 bits per heavy atom. The predicted molar refractivity (Wildman–Crippen MR) is 188 cm³/mol. The molecule has 1 saturated heterocycles. The van der Waals surface area contributed by atoms with Crippen LogP contribution in [0.25, 0.3) is 28.0 Å². The van der Waals surface area contributed by atoms with E-state index in [9.17, 15) is 4.79 Å². The Labute approximate surface area is 278 Å². The standard InChI is InChI=1S/C35H43ClFN7OS/c1-20(38)40-14-13-24-6-4-8-30(41-24)26-12-11-25(18-32(26)46-2)44-19-23-17-31(42-34(23)43-35(44)45)27-15-21(16-28(36)33(27)37)5-3-7-29(39)22-9-10-22/h11-12,15-19,22,24,29-30,41H,3-10,13-14,39H2,1-2H3,(H2,38,40)(H,42,43,45)/t24-,29+,30-/m0/s1. The summed E-state index contributed by atoms with van der Waals surface area (Å²) in [4.78, 5) is 26.2. The van der Waals surface area contributed by atoms with E-state index in [0.717, 1.165) is 67.6 Å². The number of aromatic nitrogens is 3. The molecule has 0 unspecified atom stereocenters. The van der Waals surface area contributed by atoms with E-state index in [1.54, 1.807) is 28.6 Å².